The van der Waals surface area contributed by atoms with E-state index in [0.717, 1.165) is 15.6 Å². The summed E-state index contributed by atoms with van der Waals surface area (Å²) in [5.74, 6) is -0.00117. The number of nitrogens with zero attached hydrogens (tertiary/aromatic N) is 2. The van der Waals surface area contributed by atoms with Crippen molar-refractivity contribution in [2.75, 3.05) is 24.6 Å². The Morgan fingerprint density at radius 3 is 2.74 bits per heavy atom. The van der Waals surface area contributed by atoms with Crippen LogP contribution in [-0.2, 0) is 9.53 Å². The van der Waals surface area contributed by atoms with Gasteiger partial charge in [0.2, 0.25) is 0 Å². The third-order valence-electron chi connectivity index (χ3n) is 4.51. The van der Waals surface area contributed by atoms with Gasteiger partial charge in [-0.05, 0) is 48.1 Å². The van der Waals surface area contributed by atoms with Crippen molar-refractivity contribution in [3.05, 3.63) is 59.3 Å². The van der Waals surface area contributed by atoms with Crippen molar-refractivity contribution >= 4 is 51.5 Å². The van der Waals surface area contributed by atoms with Gasteiger partial charge in [0.25, 0.3) is 11.1 Å². The van der Waals surface area contributed by atoms with E-state index in [2.05, 4.69) is 29.2 Å². The second-order valence-corrected chi connectivity index (χ2v) is 7.45. The SMILES string of the molecule is CCN1C(=O)/C(=C\C=C2/Sc3c(ccc4ccccc34)N2CCO)OC1=S. The Hall–Kier alpha value is -2.35. The number of thiocarbonyl (C=S) groups is 1. The number of benzene rings is 2. The Labute approximate surface area is 166 Å². The number of aliphatic hydroxyl groups excluding tert-OH is 1. The molecule has 138 valence electrons. The summed E-state index contributed by atoms with van der Waals surface area (Å²) in [6, 6.07) is 12.4. The zero-order chi connectivity index (χ0) is 19.0. The maximum Gasteiger partial charge on any atom is 0.297 e. The van der Waals surface area contributed by atoms with Crippen LogP contribution in [0.4, 0.5) is 5.69 Å². The predicted molar refractivity (Wildman–Crippen MR) is 111 cm³/mol. The van der Waals surface area contributed by atoms with Crippen LogP contribution in [0.2, 0.25) is 0 Å². The lowest BCUT2D eigenvalue weighted by molar-refractivity contribution is -0.122. The van der Waals surface area contributed by atoms with E-state index < -0.39 is 0 Å². The summed E-state index contributed by atoms with van der Waals surface area (Å²) in [6.07, 6.45) is 3.51. The van der Waals surface area contributed by atoms with E-state index in [9.17, 15) is 9.90 Å². The standard InChI is InChI=1S/C20H18N2O3S2/c1-2-21-19(24)16(25-20(21)26)9-10-17-22(11-12-23)15-8-7-13-5-3-4-6-14(13)18(15)27-17/h3-10,23H,2,11-12H2,1H3/b16-9+,17-10-. The molecule has 27 heavy (non-hydrogen) atoms. The van der Waals surface area contributed by atoms with Crippen molar-refractivity contribution < 1.29 is 14.6 Å². The Bertz CT molecular complexity index is 1000. The number of rotatable bonds is 4. The molecule has 1 saturated heterocycles. The number of aliphatic hydroxyl groups is 1. The van der Waals surface area contributed by atoms with Gasteiger partial charge in [0, 0.05) is 18.0 Å². The average Bonchev–Trinajstić information content (AvgIpc) is 3.17. The van der Waals surface area contributed by atoms with Crippen LogP contribution in [0, 0.1) is 0 Å². The molecule has 2 aromatic carbocycles. The summed E-state index contributed by atoms with van der Waals surface area (Å²) >= 11 is 6.71. The second kappa shape index (κ2) is 7.34. The summed E-state index contributed by atoms with van der Waals surface area (Å²) in [7, 11) is 0. The van der Waals surface area contributed by atoms with E-state index in [1.54, 1.807) is 17.8 Å². The first-order chi connectivity index (χ1) is 13.1. The van der Waals surface area contributed by atoms with E-state index in [0.29, 0.717) is 13.1 Å². The quantitative estimate of drug-likeness (QED) is 0.627. The van der Waals surface area contributed by atoms with Crippen molar-refractivity contribution in [1.82, 2.24) is 4.90 Å². The van der Waals surface area contributed by atoms with Gasteiger partial charge < -0.3 is 14.7 Å². The van der Waals surface area contributed by atoms with Gasteiger partial charge in [0.05, 0.1) is 17.3 Å². The Morgan fingerprint density at radius 2 is 2.00 bits per heavy atom. The number of anilines is 1. The predicted octanol–water partition coefficient (Wildman–Crippen LogP) is 3.63. The average molecular weight is 399 g/mol. The van der Waals surface area contributed by atoms with Crippen molar-refractivity contribution in [3.63, 3.8) is 0 Å². The molecular formula is C20H18N2O3S2. The number of hydrogen-bond acceptors (Lipinski definition) is 6. The minimum absolute atomic E-state index is 0.0316. The number of amides is 1. The van der Waals surface area contributed by atoms with Crippen LogP contribution in [0.1, 0.15) is 6.92 Å². The number of likely N-dealkylation sites (N-methyl/N-ethyl adjacent to an activating group) is 1. The molecule has 4 rings (SSSR count). The lowest BCUT2D eigenvalue weighted by Gasteiger charge is -2.19. The van der Waals surface area contributed by atoms with Gasteiger partial charge in [0.1, 0.15) is 0 Å². The minimum atomic E-state index is -0.223. The molecule has 1 fully saturated rings. The van der Waals surface area contributed by atoms with Crippen LogP contribution >= 0.6 is 24.0 Å². The first-order valence-electron chi connectivity index (χ1n) is 8.67. The van der Waals surface area contributed by atoms with E-state index in [1.807, 2.05) is 25.1 Å². The number of fused-ring (bicyclic) bond motifs is 3. The first-order valence-corrected chi connectivity index (χ1v) is 9.90. The molecule has 1 amide bonds. The molecule has 2 aliphatic rings. The smallest absolute Gasteiger partial charge is 0.297 e. The van der Waals surface area contributed by atoms with Crippen LogP contribution in [0.3, 0.4) is 0 Å². The lowest BCUT2D eigenvalue weighted by atomic mass is 10.1. The first kappa shape index (κ1) is 18.0. The fraction of sp³-hybridized carbons (Fsp3) is 0.200. The third-order valence-corrected chi connectivity index (χ3v) is 6.02. The molecule has 1 N–H and O–H groups in total. The molecule has 7 heteroatoms. The summed E-state index contributed by atoms with van der Waals surface area (Å²) in [5, 5.41) is 13.0. The summed E-state index contributed by atoms with van der Waals surface area (Å²) in [6.45, 7) is 2.84. The van der Waals surface area contributed by atoms with Crippen LogP contribution in [-0.4, -0.2) is 40.8 Å². The molecule has 0 radical (unpaired) electrons. The monoisotopic (exact) mass is 398 g/mol. The minimum Gasteiger partial charge on any atom is -0.426 e. The molecule has 2 aromatic rings. The van der Waals surface area contributed by atoms with Gasteiger partial charge >= 0.3 is 0 Å². The normalized spacial score (nSPS) is 19.5. The maximum absolute atomic E-state index is 12.3. The Balaban J connectivity index is 1.72. The molecule has 0 spiro atoms. The number of allylic oxidation sites excluding steroid dienone is 2. The Morgan fingerprint density at radius 1 is 1.19 bits per heavy atom. The zero-order valence-corrected chi connectivity index (χ0v) is 16.3. The van der Waals surface area contributed by atoms with E-state index in [4.69, 9.17) is 17.0 Å². The fourth-order valence-electron chi connectivity index (χ4n) is 3.22. The summed E-state index contributed by atoms with van der Waals surface area (Å²) < 4.78 is 5.43. The highest BCUT2D eigenvalue weighted by Crippen LogP contribution is 2.49. The van der Waals surface area contributed by atoms with Gasteiger partial charge in [-0.25, -0.2) is 0 Å². The van der Waals surface area contributed by atoms with Crippen molar-refractivity contribution in [2.24, 2.45) is 0 Å². The lowest BCUT2D eigenvalue weighted by Crippen LogP contribution is -2.27. The summed E-state index contributed by atoms with van der Waals surface area (Å²) in [5.41, 5.74) is 1.06. The van der Waals surface area contributed by atoms with Gasteiger partial charge in [-0.2, -0.15) is 0 Å². The topological polar surface area (TPSA) is 53.0 Å². The van der Waals surface area contributed by atoms with Gasteiger partial charge in [-0.3, -0.25) is 9.69 Å². The molecule has 0 saturated carbocycles. The number of carbonyl (C=O) groups is 1. The van der Waals surface area contributed by atoms with Gasteiger partial charge in [-0.15, -0.1) is 0 Å². The highest BCUT2D eigenvalue weighted by Gasteiger charge is 2.32. The molecule has 0 aromatic heterocycles. The Kier molecular flexibility index (Phi) is 4.90. The van der Waals surface area contributed by atoms with E-state index >= 15 is 0 Å². The third kappa shape index (κ3) is 3.12. The molecule has 2 heterocycles. The van der Waals surface area contributed by atoms with Crippen LogP contribution in [0.15, 0.2) is 64.2 Å². The van der Waals surface area contributed by atoms with E-state index in [-0.39, 0.29) is 23.4 Å². The van der Waals surface area contributed by atoms with E-state index in [1.165, 1.54) is 15.7 Å². The highest BCUT2D eigenvalue weighted by atomic mass is 32.2. The van der Waals surface area contributed by atoms with Crippen LogP contribution < -0.4 is 4.90 Å². The fourth-order valence-corrected chi connectivity index (χ4v) is 4.74. The highest BCUT2D eigenvalue weighted by molar-refractivity contribution is 8.04. The number of thioether (sulfide) groups is 1. The molecule has 0 atom stereocenters. The number of β-amino-alcohol motifs (C(OH)–C–C–N with tert-alkyl or cyclic N) is 1. The molecule has 0 unspecified atom stereocenters. The number of hydrogen-bond donors (Lipinski definition) is 1. The van der Waals surface area contributed by atoms with Crippen LogP contribution in [0.25, 0.3) is 10.8 Å². The molecule has 5 nitrogen and oxygen atoms in total. The number of carbonyl (C=O) groups excluding carboxylic acids is 1. The van der Waals surface area contributed by atoms with Crippen molar-refractivity contribution in [3.8, 4) is 0 Å². The second-order valence-electron chi connectivity index (χ2n) is 6.07. The van der Waals surface area contributed by atoms with Crippen molar-refractivity contribution in [2.45, 2.75) is 11.8 Å². The molecule has 0 aliphatic carbocycles. The molecular weight excluding hydrogens is 380 g/mol. The van der Waals surface area contributed by atoms with Gasteiger partial charge in [-0.1, -0.05) is 42.1 Å². The van der Waals surface area contributed by atoms with Crippen LogP contribution in [0.5, 0.6) is 0 Å². The molecule has 2 aliphatic heterocycles. The zero-order valence-electron chi connectivity index (χ0n) is 14.7. The maximum atomic E-state index is 12.3. The van der Waals surface area contributed by atoms with Crippen molar-refractivity contribution in [1.29, 1.82) is 0 Å². The summed E-state index contributed by atoms with van der Waals surface area (Å²) in [4.78, 5) is 16.9. The number of ether oxygens (including phenoxy) is 1. The molecule has 0 bridgehead atoms. The largest absolute Gasteiger partial charge is 0.426 e. The van der Waals surface area contributed by atoms with Gasteiger partial charge in [0.15, 0.2) is 5.76 Å².